The summed E-state index contributed by atoms with van der Waals surface area (Å²) in [5.41, 5.74) is -0.261. The highest BCUT2D eigenvalue weighted by Crippen LogP contribution is 2.18. The molecular weight excluding hydrogens is 204 g/mol. The molecule has 1 aliphatic rings. The third kappa shape index (κ3) is 3.08. The predicted octanol–water partition coefficient (Wildman–Crippen LogP) is 1.08. The van der Waals surface area contributed by atoms with Crippen molar-refractivity contribution in [3.63, 3.8) is 0 Å². The number of hydrogen-bond acceptors (Lipinski definition) is 2. The average Bonchev–Trinajstić information content (AvgIpc) is 2.62. The molecule has 2 amide bonds. The van der Waals surface area contributed by atoms with E-state index in [4.69, 9.17) is 0 Å². The molecule has 1 fully saturated rings. The molecule has 4 nitrogen and oxygen atoms in total. The molecule has 1 N–H and O–H groups in total. The van der Waals surface area contributed by atoms with Crippen LogP contribution in [0.25, 0.3) is 0 Å². The lowest BCUT2D eigenvalue weighted by Gasteiger charge is -2.27. The average molecular weight is 224 g/mol. The van der Waals surface area contributed by atoms with Crippen molar-refractivity contribution in [2.24, 2.45) is 0 Å². The first-order valence-corrected chi connectivity index (χ1v) is 5.60. The van der Waals surface area contributed by atoms with Gasteiger partial charge in [-0.1, -0.05) is 6.58 Å². The number of hydrogen-bond donors (Lipinski definition) is 1. The summed E-state index contributed by atoms with van der Waals surface area (Å²) >= 11 is 0. The van der Waals surface area contributed by atoms with E-state index in [1.807, 2.05) is 20.8 Å². The second-order valence-corrected chi connectivity index (χ2v) is 5.13. The molecule has 1 rings (SSSR count). The van der Waals surface area contributed by atoms with Gasteiger partial charge in [0.2, 0.25) is 11.8 Å². The zero-order valence-electron chi connectivity index (χ0n) is 10.2. The van der Waals surface area contributed by atoms with Crippen LogP contribution in [-0.2, 0) is 9.59 Å². The lowest BCUT2D eigenvalue weighted by molar-refractivity contribution is -0.135. The maximum atomic E-state index is 12.0. The third-order valence-electron chi connectivity index (χ3n) is 2.51. The molecule has 0 bridgehead atoms. The Bertz CT molecular complexity index is 305. The van der Waals surface area contributed by atoms with Crippen molar-refractivity contribution in [1.29, 1.82) is 0 Å². The Morgan fingerprint density at radius 1 is 1.44 bits per heavy atom. The Kier molecular flexibility index (Phi) is 3.73. The topological polar surface area (TPSA) is 49.4 Å². The van der Waals surface area contributed by atoms with Crippen molar-refractivity contribution < 1.29 is 9.59 Å². The summed E-state index contributed by atoms with van der Waals surface area (Å²) in [6.07, 6.45) is 2.88. The third-order valence-corrected chi connectivity index (χ3v) is 2.51. The van der Waals surface area contributed by atoms with Gasteiger partial charge in [-0.15, -0.1) is 0 Å². The van der Waals surface area contributed by atoms with E-state index in [0.717, 1.165) is 12.8 Å². The van der Waals surface area contributed by atoms with Gasteiger partial charge in [0.25, 0.3) is 0 Å². The normalized spacial score (nSPS) is 20.7. The first kappa shape index (κ1) is 12.7. The molecular formula is C12H20N2O2. The van der Waals surface area contributed by atoms with E-state index in [1.54, 1.807) is 4.90 Å². The molecule has 0 aromatic heterocycles. The van der Waals surface area contributed by atoms with E-state index in [9.17, 15) is 9.59 Å². The number of nitrogens with zero attached hydrogens (tertiary/aromatic N) is 1. The molecule has 0 aliphatic carbocycles. The molecule has 0 aromatic carbocycles. The van der Waals surface area contributed by atoms with Crippen LogP contribution in [0.2, 0.25) is 0 Å². The lowest BCUT2D eigenvalue weighted by Crippen LogP contribution is -2.51. The van der Waals surface area contributed by atoms with E-state index in [2.05, 4.69) is 11.9 Å². The summed E-state index contributed by atoms with van der Waals surface area (Å²) in [6.45, 7) is 9.89. The number of likely N-dealkylation sites (tertiary alicyclic amines) is 1. The molecule has 0 unspecified atom stereocenters. The van der Waals surface area contributed by atoms with Gasteiger partial charge in [0.05, 0.1) is 0 Å². The fourth-order valence-electron chi connectivity index (χ4n) is 1.87. The van der Waals surface area contributed by atoms with Crippen molar-refractivity contribution in [3.05, 3.63) is 12.7 Å². The second-order valence-electron chi connectivity index (χ2n) is 5.13. The molecule has 90 valence electrons. The van der Waals surface area contributed by atoms with Crippen LogP contribution in [0.5, 0.6) is 0 Å². The zero-order valence-corrected chi connectivity index (χ0v) is 10.2. The van der Waals surface area contributed by atoms with E-state index in [-0.39, 0.29) is 23.4 Å². The molecule has 16 heavy (non-hydrogen) atoms. The summed E-state index contributed by atoms with van der Waals surface area (Å²) in [6, 6.07) is -0.329. The maximum Gasteiger partial charge on any atom is 0.246 e. The predicted molar refractivity (Wildman–Crippen MR) is 62.8 cm³/mol. The van der Waals surface area contributed by atoms with Crippen molar-refractivity contribution >= 4 is 11.8 Å². The van der Waals surface area contributed by atoms with Gasteiger partial charge in [-0.2, -0.15) is 0 Å². The lowest BCUT2D eigenvalue weighted by atomic mass is 10.1. The Morgan fingerprint density at radius 2 is 2.06 bits per heavy atom. The second kappa shape index (κ2) is 4.68. The monoisotopic (exact) mass is 224 g/mol. The summed E-state index contributed by atoms with van der Waals surface area (Å²) in [7, 11) is 0. The van der Waals surface area contributed by atoms with Crippen LogP contribution in [0.1, 0.15) is 33.6 Å². The van der Waals surface area contributed by atoms with Gasteiger partial charge in [0.15, 0.2) is 0 Å². The van der Waals surface area contributed by atoms with Crippen molar-refractivity contribution in [3.8, 4) is 0 Å². The standard InChI is InChI=1S/C12H20N2O2/c1-5-10(15)14-8-6-7-9(14)11(16)13-12(2,3)4/h5,9H,1,6-8H2,2-4H3,(H,13,16)/t9-/m1/s1. The minimum atomic E-state index is -0.329. The highest BCUT2D eigenvalue weighted by molar-refractivity contribution is 5.93. The number of rotatable bonds is 2. The van der Waals surface area contributed by atoms with E-state index in [1.165, 1.54) is 6.08 Å². The van der Waals surface area contributed by atoms with Gasteiger partial charge in [0.1, 0.15) is 6.04 Å². The molecule has 4 heteroatoms. The first-order valence-electron chi connectivity index (χ1n) is 5.60. The van der Waals surface area contributed by atoms with Gasteiger partial charge in [-0.3, -0.25) is 9.59 Å². The first-order chi connectivity index (χ1) is 7.35. The van der Waals surface area contributed by atoms with Gasteiger partial charge < -0.3 is 10.2 Å². The molecule has 0 aromatic rings. The van der Waals surface area contributed by atoms with Crippen molar-refractivity contribution in [2.45, 2.75) is 45.2 Å². The maximum absolute atomic E-state index is 12.0. The largest absolute Gasteiger partial charge is 0.350 e. The van der Waals surface area contributed by atoms with E-state index < -0.39 is 0 Å². The van der Waals surface area contributed by atoms with Gasteiger partial charge in [-0.25, -0.2) is 0 Å². The molecule has 0 spiro atoms. The smallest absolute Gasteiger partial charge is 0.246 e. The minimum Gasteiger partial charge on any atom is -0.350 e. The summed E-state index contributed by atoms with van der Waals surface area (Å²) in [5.74, 6) is -0.230. The van der Waals surface area contributed by atoms with Crippen LogP contribution in [0.15, 0.2) is 12.7 Å². The van der Waals surface area contributed by atoms with Crippen LogP contribution >= 0.6 is 0 Å². The molecule has 1 aliphatic heterocycles. The van der Waals surface area contributed by atoms with Crippen LogP contribution in [-0.4, -0.2) is 34.8 Å². The minimum absolute atomic E-state index is 0.0693. The molecule has 1 atom stereocenters. The zero-order chi connectivity index (χ0) is 12.3. The number of carbonyl (C=O) groups is 2. The molecule has 1 saturated heterocycles. The summed E-state index contributed by atoms with van der Waals surface area (Å²) in [5, 5.41) is 2.90. The SMILES string of the molecule is C=CC(=O)N1CCC[C@@H]1C(=O)NC(C)(C)C. The van der Waals surface area contributed by atoms with Crippen LogP contribution in [0, 0.1) is 0 Å². The quantitative estimate of drug-likeness (QED) is 0.713. The number of carbonyl (C=O) groups excluding carboxylic acids is 2. The molecule has 1 heterocycles. The van der Waals surface area contributed by atoms with E-state index >= 15 is 0 Å². The van der Waals surface area contributed by atoms with Crippen molar-refractivity contribution in [1.82, 2.24) is 10.2 Å². The Balaban J connectivity index is 2.68. The highest BCUT2D eigenvalue weighted by atomic mass is 16.2. The summed E-state index contributed by atoms with van der Waals surface area (Å²) in [4.78, 5) is 25.1. The molecule has 0 radical (unpaired) electrons. The van der Waals surface area contributed by atoms with Crippen LogP contribution in [0.4, 0.5) is 0 Å². The van der Waals surface area contributed by atoms with E-state index in [0.29, 0.717) is 6.54 Å². The van der Waals surface area contributed by atoms with Crippen molar-refractivity contribution in [2.75, 3.05) is 6.54 Å². The number of amides is 2. The number of nitrogens with one attached hydrogen (secondary N) is 1. The fraction of sp³-hybridized carbons (Fsp3) is 0.667. The Labute approximate surface area is 96.7 Å². The highest BCUT2D eigenvalue weighted by Gasteiger charge is 2.34. The van der Waals surface area contributed by atoms with Crippen LogP contribution in [0.3, 0.4) is 0 Å². The fourth-order valence-corrected chi connectivity index (χ4v) is 1.87. The van der Waals surface area contributed by atoms with Gasteiger partial charge in [0, 0.05) is 12.1 Å². The van der Waals surface area contributed by atoms with Gasteiger partial charge in [-0.05, 0) is 39.7 Å². The Hall–Kier alpha value is -1.32. The van der Waals surface area contributed by atoms with Crippen LogP contribution < -0.4 is 5.32 Å². The Morgan fingerprint density at radius 3 is 2.56 bits per heavy atom. The molecule has 0 saturated carbocycles. The summed E-state index contributed by atoms with van der Waals surface area (Å²) < 4.78 is 0. The van der Waals surface area contributed by atoms with Gasteiger partial charge >= 0.3 is 0 Å².